The largest absolute Gasteiger partial charge is 0.744 e. The van der Waals surface area contributed by atoms with Crippen molar-refractivity contribution >= 4 is 27.8 Å². The number of aromatic nitrogens is 1. The number of hydrogen-bond donors (Lipinski definition) is 0. The molecule has 0 unspecified atom stereocenters. The van der Waals surface area contributed by atoms with Crippen LogP contribution in [0.15, 0.2) is 96.0 Å². The van der Waals surface area contributed by atoms with Crippen molar-refractivity contribution in [1.82, 2.24) is 4.98 Å². The summed E-state index contributed by atoms with van der Waals surface area (Å²) in [6, 6.07) is 26.9. The summed E-state index contributed by atoms with van der Waals surface area (Å²) in [7, 11) is -4.27. The Bertz CT molecular complexity index is 1610. The molecule has 0 fully saturated rings. The molecule has 0 N–H and O–H groups in total. The van der Waals surface area contributed by atoms with E-state index in [4.69, 9.17) is 4.74 Å². The van der Waals surface area contributed by atoms with E-state index < -0.39 is 10.1 Å². The van der Waals surface area contributed by atoms with Crippen LogP contribution in [-0.2, 0) is 16.5 Å². The van der Waals surface area contributed by atoms with Crippen molar-refractivity contribution in [3.05, 3.63) is 114 Å². The number of para-hydroxylation sites is 3. The first kappa shape index (κ1) is 31.9. The molecule has 0 bridgehead atoms. The number of pyridine rings is 1. The Morgan fingerprint density at radius 3 is 2.14 bits per heavy atom. The first-order chi connectivity index (χ1) is 20.5. The number of nitrogens with zero attached hydrogens (tertiary/aromatic N) is 3. The van der Waals surface area contributed by atoms with E-state index in [0.29, 0.717) is 18.4 Å². The molecular weight excluding hydrogens is 558 g/mol. The van der Waals surface area contributed by atoms with Gasteiger partial charge in [0.1, 0.15) is 28.9 Å². The highest BCUT2D eigenvalue weighted by molar-refractivity contribution is 7.85. The van der Waals surface area contributed by atoms with Gasteiger partial charge in [0.05, 0.1) is 11.5 Å². The average molecular weight is 600 g/mol. The maximum absolute atomic E-state index is 10.4. The topological polar surface area (TPSA) is 85.6 Å². The summed E-state index contributed by atoms with van der Waals surface area (Å²) in [5.74, 6) is 1.88. The lowest BCUT2D eigenvalue weighted by Gasteiger charge is -2.17. The van der Waals surface area contributed by atoms with Crippen molar-refractivity contribution < 1.29 is 22.3 Å². The zero-order valence-corrected chi connectivity index (χ0v) is 26.4. The second-order valence-electron chi connectivity index (χ2n) is 11.3. The van der Waals surface area contributed by atoms with Crippen molar-refractivity contribution in [2.75, 3.05) is 24.6 Å². The van der Waals surface area contributed by atoms with E-state index in [1.165, 1.54) is 28.9 Å². The molecule has 4 aromatic rings. The number of anilines is 1. The highest BCUT2D eigenvalue weighted by Gasteiger charge is 2.29. The van der Waals surface area contributed by atoms with Crippen LogP contribution in [0, 0.1) is 6.92 Å². The summed E-state index contributed by atoms with van der Waals surface area (Å²) in [6.45, 7) is 13.4. The van der Waals surface area contributed by atoms with Crippen molar-refractivity contribution in [2.45, 2.75) is 57.8 Å². The molecule has 43 heavy (non-hydrogen) atoms. The Morgan fingerprint density at radius 2 is 1.53 bits per heavy atom. The van der Waals surface area contributed by atoms with Crippen LogP contribution in [0.5, 0.6) is 5.75 Å². The van der Waals surface area contributed by atoms with E-state index in [9.17, 15) is 13.0 Å². The highest BCUT2D eigenvalue weighted by Crippen LogP contribution is 2.36. The van der Waals surface area contributed by atoms with Gasteiger partial charge in [-0.3, -0.25) is 4.98 Å². The van der Waals surface area contributed by atoms with Crippen molar-refractivity contribution in [2.24, 2.45) is 0 Å². The Hall–Kier alpha value is -4.01. The normalized spacial score (nSPS) is 13.1. The number of rotatable bonds is 9. The minimum Gasteiger partial charge on any atom is -0.744 e. The molecule has 0 radical (unpaired) electrons. The number of ether oxygens (including phenoxy) is 1. The van der Waals surface area contributed by atoms with Gasteiger partial charge in [0.25, 0.3) is 0 Å². The Labute approximate surface area is 256 Å². The SMILES string of the molecule is CC(C)c1cccc(C(C)C)c1[N+]1=CN(c2ccccc2OCCc2ccccn2)CC1.Cc1ccc(S(=O)(=O)[O-])cc1. The number of hydrogen-bond acceptors (Lipinski definition) is 6. The lowest BCUT2D eigenvalue weighted by atomic mass is 9.92. The fourth-order valence-electron chi connectivity index (χ4n) is 5.03. The lowest BCUT2D eigenvalue weighted by Crippen LogP contribution is -2.19. The van der Waals surface area contributed by atoms with Crippen LogP contribution >= 0.6 is 0 Å². The second-order valence-corrected chi connectivity index (χ2v) is 12.6. The molecule has 0 saturated heterocycles. The van der Waals surface area contributed by atoms with Gasteiger partial charge in [-0.05, 0) is 55.2 Å². The van der Waals surface area contributed by atoms with E-state index in [-0.39, 0.29) is 4.90 Å². The summed E-state index contributed by atoms with van der Waals surface area (Å²) in [4.78, 5) is 6.53. The predicted octanol–water partition coefficient (Wildman–Crippen LogP) is 7.04. The van der Waals surface area contributed by atoms with E-state index in [0.717, 1.165) is 42.2 Å². The summed E-state index contributed by atoms with van der Waals surface area (Å²) in [5.41, 5.74) is 7.29. The summed E-state index contributed by atoms with van der Waals surface area (Å²) in [6.07, 6.45) is 4.88. The third-order valence-electron chi connectivity index (χ3n) is 7.32. The van der Waals surface area contributed by atoms with Gasteiger partial charge in [0.2, 0.25) is 6.34 Å². The quantitative estimate of drug-likeness (QED) is 0.152. The zero-order chi connectivity index (χ0) is 31.0. The van der Waals surface area contributed by atoms with Crippen molar-refractivity contribution in [3.8, 4) is 5.75 Å². The molecule has 0 aliphatic carbocycles. The molecule has 0 amide bonds. The van der Waals surface area contributed by atoms with Crippen LogP contribution in [-0.4, -0.2) is 48.6 Å². The van der Waals surface area contributed by atoms with Crippen molar-refractivity contribution in [3.63, 3.8) is 0 Å². The van der Waals surface area contributed by atoms with Gasteiger partial charge in [-0.2, -0.15) is 0 Å². The van der Waals surface area contributed by atoms with Crippen LogP contribution in [0.2, 0.25) is 0 Å². The molecule has 8 heteroatoms. The van der Waals surface area contributed by atoms with Crippen LogP contribution in [0.4, 0.5) is 11.4 Å². The first-order valence-electron chi connectivity index (χ1n) is 14.7. The molecular formula is C35H41N3O4S. The minimum atomic E-state index is -4.27. The Morgan fingerprint density at radius 1 is 0.884 bits per heavy atom. The van der Waals surface area contributed by atoms with Crippen molar-refractivity contribution in [1.29, 1.82) is 0 Å². The van der Waals surface area contributed by atoms with Gasteiger partial charge in [0.15, 0.2) is 11.4 Å². The first-order valence-corrected chi connectivity index (χ1v) is 16.1. The summed E-state index contributed by atoms with van der Waals surface area (Å²) < 4.78 is 39.8. The standard InChI is InChI=1S/C28H34N3O.C7H8O3S/c1-21(2)24-11-9-12-25(22(3)4)28(24)31-18-17-30(20-31)26-13-5-6-14-27(26)32-19-15-23-10-7-8-16-29-23;1-6-2-4-7(5-3-6)11(8,9)10/h5-14,16,20-22H,15,17-19H2,1-4H3;2-5H,1H3,(H,8,9,10)/q+1;/p-1. The fourth-order valence-corrected chi connectivity index (χ4v) is 5.50. The monoisotopic (exact) mass is 599 g/mol. The van der Waals surface area contributed by atoms with Gasteiger partial charge in [-0.15, -0.1) is 0 Å². The molecule has 1 aliphatic rings. The van der Waals surface area contributed by atoms with Crippen LogP contribution < -0.4 is 9.64 Å². The average Bonchev–Trinajstić information content (AvgIpc) is 3.47. The Kier molecular flexibility index (Phi) is 10.7. The highest BCUT2D eigenvalue weighted by atomic mass is 32.2. The van der Waals surface area contributed by atoms with Crippen LogP contribution in [0.1, 0.15) is 61.9 Å². The predicted molar refractivity (Wildman–Crippen MR) is 172 cm³/mol. The van der Waals surface area contributed by atoms with Gasteiger partial charge in [0, 0.05) is 29.4 Å². The minimum absolute atomic E-state index is 0.178. The molecule has 0 spiro atoms. The smallest absolute Gasteiger partial charge is 0.244 e. The molecule has 226 valence electrons. The van der Waals surface area contributed by atoms with Crippen LogP contribution in [0.3, 0.4) is 0 Å². The molecule has 3 aromatic carbocycles. The summed E-state index contributed by atoms with van der Waals surface area (Å²) in [5, 5.41) is 0. The van der Waals surface area contributed by atoms with E-state index in [1.54, 1.807) is 12.1 Å². The van der Waals surface area contributed by atoms with E-state index in [1.807, 2.05) is 37.4 Å². The molecule has 2 heterocycles. The van der Waals surface area contributed by atoms with E-state index in [2.05, 4.69) is 84.9 Å². The Balaban J connectivity index is 0.000000324. The van der Waals surface area contributed by atoms with Crippen LogP contribution in [0.25, 0.3) is 0 Å². The van der Waals surface area contributed by atoms with Gasteiger partial charge >= 0.3 is 0 Å². The third kappa shape index (κ3) is 8.52. The second kappa shape index (κ2) is 14.4. The summed E-state index contributed by atoms with van der Waals surface area (Å²) >= 11 is 0. The maximum Gasteiger partial charge on any atom is 0.244 e. The maximum atomic E-state index is 10.4. The van der Waals surface area contributed by atoms with Gasteiger partial charge in [-0.25, -0.2) is 17.9 Å². The molecule has 7 nitrogen and oxygen atoms in total. The number of benzene rings is 3. The molecule has 0 atom stereocenters. The van der Waals surface area contributed by atoms with E-state index >= 15 is 0 Å². The lowest BCUT2D eigenvalue weighted by molar-refractivity contribution is -0.425. The molecule has 0 saturated carbocycles. The molecule has 1 aliphatic heterocycles. The molecule has 5 rings (SSSR count). The van der Waals surface area contributed by atoms with Gasteiger partial charge < -0.3 is 9.29 Å². The number of aryl methyl sites for hydroxylation is 1. The third-order valence-corrected chi connectivity index (χ3v) is 8.17. The zero-order valence-electron chi connectivity index (χ0n) is 25.6. The van der Waals surface area contributed by atoms with Gasteiger partial charge in [-0.1, -0.05) is 81.8 Å². The fraction of sp³-hybridized carbons (Fsp3) is 0.314. The molecule has 1 aromatic heterocycles.